The van der Waals surface area contributed by atoms with Crippen molar-refractivity contribution >= 4 is 28.4 Å². The molecule has 11 heteroatoms. The summed E-state index contributed by atoms with van der Waals surface area (Å²) in [5, 5.41) is 9.31. The van der Waals surface area contributed by atoms with Crippen LogP contribution in [0.4, 0.5) is 20.7 Å². The van der Waals surface area contributed by atoms with Gasteiger partial charge in [-0.3, -0.25) is 10.3 Å². The van der Waals surface area contributed by atoms with E-state index < -0.39 is 11.8 Å². The van der Waals surface area contributed by atoms with Gasteiger partial charge in [0.25, 0.3) is 0 Å². The van der Waals surface area contributed by atoms with Crippen molar-refractivity contribution in [3.8, 4) is 23.0 Å². The number of benzene rings is 2. The highest BCUT2D eigenvalue weighted by molar-refractivity contribution is 5.99. The maximum atomic E-state index is 14.8. The summed E-state index contributed by atoms with van der Waals surface area (Å²) in [5.74, 6) is 1.48. The number of halogens is 1. The van der Waals surface area contributed by atoms with Crippen LogP contribution in [-0.2, 0) is 0 Å². The molecule has 1 fully saturated rings. The number of hydrogen-bond donors (Lipinski definition) is 3. The van der Waals surface area contributed by atoms with Gasteiger partial charge in [-0.2, -0.15) is 0 Å². The van der Waals surface area contributed by atoms with Crippen LogP contribution in [0.1, 0.15) is 18.6 Å². The molecule has 2 amide bonds. The van der Waals surface area contributed by atoms with Crippen molar-refractivity contribution < 1.29 is 27.9 Å². The fourth-order valence-electron chi connectivity index (χ4n) is 3.50. The van der Waals surface area contributed by atoms with E-state index in [1.807, 2.05) is 0 Å². The number of urea groups is 1. The normalized spacial score (nSPS) is 13.8. The zero-order chi connectivity index (χ0) is 25.3. The number of nitrogens with one attached hydrogen (secondary N) is 2. The second kappa shape index (κ2) is 9.34. The number of aryl methyl sites for hydroxylation is 1. The van der Waals surface area contributed by atoms with Gasteiger partial charge in [0.2, 0.25) is 0 Å². The van der Waals surface area contributed by atoms with Crippen LogP contribution in [0.15, 0.2) is 53.2 Å². The van der Waals surface area contributed by atoms with Gasteiger partial charge in [0, 0.05) is 35.5 Å². The van der Waals surface area contributed by atoms with Gasteiger partial charge in [-0.1, -0.05) is 5.16 Å². The van der Waals surface area contributed by atoms with E-state index in [0.717, 1.165) is 18.9 Å². The molecule has 0 unspecified atom stereocenters. The number of amides is 2. The van der Waals surface area contributed by atoms with Crippen LogP contribution in [-0.4, -0.2) is 35.4 Å². The summed E-state index contributed by atoms with van der Waals surface area (Å²) in [6, 6.07) is 10.1. The first kappa shape index (κ1) is 23.4. The number of anilines is 2. The van der Waals surface area contributed by atoms with Gasteiger partial charge < -0.3 is 29.8 Å². The second-order valence-corrected chi connectivity index (χ2v) is 8.63. The number of hydrogen-bond acceptors (Lipinski definition) is 8. The third-order valence-electron chi connectivity index (χ3n) is 5.67. The van der Waals surface area contributed by atoms with Crippen LogP contribution in [0.25, 0.3) is 10.9 Å². The Hall–Kier alpha value is -4.38. The highest BCUT2D eigenvalue weighted by Crippen LogP contribution is 2.39. The predicted octanol–water partition coefficient (Wildman–Crippen LogP) is 4.99. The molecule has 0 aliphatic heterocycles. The van der Waals surface area contributed by atoms with E-state index >= 15 is 0 Å². The van der Waals surface area contributed by atoms with Crippen molar-refractivity contribution in [3.63, 3.8) is 0 Å². The summed E-state index contributed by atoms with van der Waals surface area (Å²) in [6.45, 7) is 2.08. The minimum Gasteiger partial charge on any atom is -0.493 e. The largest absolute Gasteiger partial charge is 0.493 e. The highest BCUT2D eigenvalue weighted by atomic mass is 19.1. The van der Waals surface area contributed by atoms with Crippen LogP contribution in [0.2, 0.25) is 0 Å². The Kier molecular flexibility index (Phi) is 6.06. The number of aromatic nitrogens is 2. The Morgan fingerprint density at radius 1 is 1.11 bits per heavy atom. The Labute approximate surface area is 205 Å². The number of carbonyl (C=O) groups is 1. The van der Waals surface area contributed by atoms with Gasteiger partial charge in [0.05, 0.1) is 18.2 Å². The third kappa shape index (κ3) is 5.15. The smallest absolute Gasteiger partial charge is 0.324 e. The number of rotatable bonds is 8. The van der Waals surface area contributed by atoms with Crippen LogP contribution < -0.4 is 30.6 Å². The van der Waals surface area contributed by atoms with Gasteiger partial charge in [0.15, 0.2) is 28.9 Å². The number of methoxy groups -OCH3 is 1. The number of pyridine rings is 1. The molecule has 186 valence electrons. The first-order valence-corrected chi connectivity index (χ1v) is 11.2. The van der Waals surface area contributed by atoms with E-state index in [-0.39, 0.29) is 22.8 Å². The number of carbonyl (C=O) groups excluding carboxylic acids is 1. The van der Waals surface area contributed by atoms with E-state index in [1.54, 1.807) is 37.4 Å². The number of nitrogens with two attached hydrogens (primary N) is 1. The first-order chi connectivity index (χ1) is 17.3. The van der Waals surface area contributed by atoms with Crippen LogP contribution >= 0.6 is 0 Å². The van der Waals surface area contributed by atoms with Gasteiger partial charge in [-0.25, -0.2) is 9.18 Å². The Balaban J connectivity index is 1.32. The molecule has 4 aromatic rings. The van der Waals surface area contributed by atoms with Crippen molar-refractivity contribution in [2.24, 2.45) is 5.73 Å². The molecule has 1 saturated carbocycles. The maximum absolute atomic E-state index is 14.8. The zero-order valence-corrected chi connectivity index (χ0v) is 19.6. The molecule has 36 heavy (non-hydrogen) atoms. The Morgan fingerprint density at radius 2 is 1.94 bits per heavy atom. The summed E-state index contributed by atoms with van der Waals surface area (Å²) in [6.07, 6.45) is 3.40. The first-order valence-electron chi connectivity index (χ1n) is 11.2. The number of nitrogens with zero attached hydrogens (tertiary/aromatic N) is 2. The lowest BCUT2D eigenvalue weighted by Crippen LogP contribution is -2.29. The van der Waals surface area contributed by atoms with Crippen molar-refractivity contribution in [3.05, 3.63) is 60.2 Å². The average molecular weight is 493 g/mol. The van der Waals surface area contributed by atoms with Crippen molar-refractivity contribution in [1.29, 1.82) is 0 Å². The summed E-state index contributed by atoms with van der Waals surface area (Å²) in [5.41, 5.74) is 6.66. The van der Waals surface area contributed by atoms with Crippen molar-refractivity contribution in [1.82, 2.24) is 10.1 Å². The minimum atomic E-state index is -0.667. The monoisotopic (exact) mass is 493 g/mol. The summed E-state index contributed by atoms with van der Waals surface area (Å²) < 4.78 is 37.0. The lowest BCUT2D eigenvalue weighted by molar-refractivity contribution is 0.262. The van der Waals surface area contributed by atoms with Crippen LogP contribution in [0.3, 0.4) is 0 Å². The molecule has 5 rings (SSSR count). The van der Waals surface area contributed by atoms with Crippen LogP contribution in [0.5, 0.6) is 23.0 Å². The molecule has 0 spiro atoms. The zero-order valence-electron chi connectivity index (χ0n) is 19.6. The molecule has 0 saturated heterocycles. The molecule has 1 aliphatic carbocycles. The molecular weight excluding hydrogens is 469 g/mol. The molecule has 1 aliphatic rings. The quantitative estimate of drug-likeness (QED) is 0.313. The van der Waals surface area contributed by atoms with Crippen LogP contribution in [0, 0.1) is 12.7 Å². The lowest BCUT2D eigenvalue weighted by Gasteiger charge is -2.16. The van der Waals surface area contributed by atoms with Crippen molar-refractivity contribution in [2.45, 2.75) is 25.3 Å². The average Bonchev–Trinajstić information content (AvgIpc) is 3.46. The van der Waals surface area contributed by atoms with E-state index in [2.05, 4.69) is 20.8 Å². The summed E-state index contributed by atoms with van der Waals surface area (Å²) in [7, 11) is 1.53. The van der Waals surface area contributed by atoms with Gasteiger partial charge >= 0.3 is 6.03 Å². The highest BCUT2D eigenvalue weighted by Gasteiger charge is 2.39. The topological polar surface area (TPSA) is 134 Å². The van der Waals surface area contributed by atoms with E-state index in [9.17, 15) is 9.18 Å². The Bertz CT molecular complexity index is 1440. The van der Waals surface area contributed by atoms with E-state index in [4.69, 9.17) is 24.5 Å². The molecule has 4 N–H and O–H groups in total. The summed E-state index contributed by atoms with van der Waals surface area (Å²) >= 11 is 0. The second-order valence-electron chi connectivity index (χ2n) is 8.63. The van der Waals surface area contributed by atoms with E-state index in [1.165, 1.54) is 19.2 Å². The number of ether oxygens (including phenoxy) is 3. The molecule has 0 radical (unpaired) electrons. The molecule has 10 nitrogen and oxygen atoms in total. The minimum absolute atomic E-state index is 0.0290. The molecular formula is C25H24FN5O5. The maximum Gasteiger partial charge on any atom is 0.324 e. The van der Waals surface area contributed by atoms with Gasteiger partial charge in [-0.15, -0.1) is 0 Å². The predicted molar refractivity (Wildman–Crippen MR) is 130 cm³/mol. The molecule has 2 aromatic heterocycles. The van der Waals surface area contributed by atoms with Crippen molar-refractivity contribution in [2.75, 3.05) is 24.4 Å². The number of fused-ring (bicyclic) bond motifs is 1. The SMILES string of the molecule is COc1cc2c(Oc3ccc(NC(=O)Nc4cc(C)on4)cc3F)ccnc2cc1OCC1(N)CC1. The fourth-order valence-corrected chi connectivity index (χ4v) is 3.50. The summed E-state index contributed by atoms with van der Waals surface area (Å²) in [4.78, 5) is 16.5. The van der Waals surface area contributed by atoms with Gasteiger partial charge in [-0.05, 0) is 44.0 Å². The van der Waals surface area contributed by atoms with Gasteiger partial charge in [0.1, 0.15) is 18.1 Å². The molecule has 0 atom stereocenters. The molecule has 2 heterocycles. The Morgan fingerprint density at radius 3 is 2.64 bits per heavy atom. The third-order valence-corrected chi connectivity index (χ3v) is 5.67. The van der Waals surface area contributed by atoms with E-state index in [0.29, 0.717) is 40.5 Å². The molecule has 2 aromatic carbocycles. The molecule has 0 bridgehead atoms. The fraction of sp³-hybridized carbons (Fsp3) is 0.240. The lowest BCUT2D eigenvalue weighted by atomic mass is 10.1. The standard InChI is InChI=1S/C25H24FN5O5/c1-14-9-23(31-36-14)30-24(32)29-15-3-4-20(17(26)10-15)35-19-5-8-28-18-12-22(21(33-2)11-16(18)19)34-13-25(27)6-7-25/h3-5,8-12H,6-7,13,27H2,1-2H3,(H2,29,30,31,32).